The van der Waals surface area contributed by atoms with Crippen LogP contribution in [0.1, 0.15) is 58.1 Å². The summed E-state index contributed by atoms with van der Waals surface area (Å²) in [6, 6.07) is 8.83. The van der Waals surface area contributed by atoms with Crippen LogP contribution in [0.25, 0.3) is 0 Å². The number of hydrogen-bond acceptors (Lipinski definition) is 3. The van der Waals surface area contributed by atoms with Gasteiger partial charge >= 0.3 is 0 Å². The minimum Gasteiger partial charge on any atom is -0.348 e. The first kappa shape index (κ1) is 20.2. The van der Waals surface area contributed by atoms with Gasteiger partial charge in [-0.1, -0.05) is 32.0 Å². The molecule has 0 radical (unpaired) electrons. The second kappa shape index (κ2) is 8.49. The Labute approximate surface area is 160 Å². The van der Waals surface area contributed by atoms with Crippen molar-refractivity contribution in [3.8, 4) is 0 Å². The van der Waals surface area contributed by atoms with E-state index < -0.39 is 6.04 Å². The molecule has 2 amide bonds. The number of hydrogen-bond donors (Lipinski definition) is 2. The first-order valence-electron chi connectivity index (χ1n) is 8.94. The van der Waals surface area contributed by atoms with Crippen LogP contribution in [0.4, 0.5) is 0 Å². The molecule has 0 fully saturated rings. The van der Waals surface area contributed by atoms with Crippen LogP contribution < -0.4 is 10.6 Å². The monoisotopic (exact) mass is 372 g/mol. The molecule has 26 heavy (non-hydrogen) atoms. The Morgan fingerprint density at radius 2 is 1.65 bits per heavy atom. The number of nitrogens with one attached hydrogen (secondary N) is 2. The highest BCUT2D eigenvalue weighted by Gasteiger charge is 2.27. The smallest absolute Gasteiger partial charge is 0.252 e. The first-order chi connectivity index (χ1) is 12.2. The minimum absolute atomic E-state index is 0.0134. The molecule has 4 nitrogen and oxygen atoms in total. The molecule has 0 aliphatic rings. The third-order valence-electron chi connectivity index (χ3n) is 4.53. The highest BCUT2D eigenvalue weighted by Crippen LogP contribution is 2.26. The topological polar surface area (TPSA) is 58.2 Å². The number of rotatable bonds is 6. The molecular weight excluding hydrogens is 344 g/mol. The van der Waals surface area contributed by atoms with Crippen molar-refractivity contribution in [2.75, 3.05) is 0 Å². The van der Waals surface area contributed by atoms with E-state index in [9.17, 15) is 9.59 Å². The average molecular weight is 373 g/mol. The van der Waals surface area contributed by atoms with E-state index in [-0.39, 0.29) is 23.8 Å². The molecule has 2 N–H and O–H groups in total. The summed E-state index contributed by atoms with van der Waals surface area (Å²) >= 11 is 1.73. The van der Waals surface area contributed by atoms with Crippen molar-refractivity contribution in [3.05, 3.63) is 56.8 Å². The van der Waals surface area contributed by atoms with E-state index in [4.69, 9.17) is 0 Å². The van der Waals surface area contributed by atoms with E-state index in [2.05, 4.69) is 30.5 Å². The average Bonchev–Trinajstić information content (AvgIpc) is 2.90. The van der Waals surface area contributed by atoms with E-state index in [1.807, 2.05) is 45.9 Å². The van der Waals surface area contributed by atoms with Gasteiger partial charge in [-0.15, -0.1) is 11.3 Å². The van der Waals surface area contributed by atoms with Gasteiger partial charge in [-0.05, 0) is 56.9 Å². The lowest BCUT2D eigenvalue weighted by atomic mass is 10.0. The van der Waals surface area contributed by atoms with Gasteiger partial charge in [0.05, 0.1) is 6.04 Å². The van der Waals surface area contributed by atoms with Gasteiger partial charge in [0, 0.05) is 15.3 Å². The van der Waals surface area contributed by atoms with Crippen molar-refractivity contribution >= 4 is 23.2 Å². The molecule has 2 unspecified atom stereocenters. The van der Waals surface area contributed by atoms with Gasteiger partial charge in [-0.25, -0.2) is 0 Å². The summed E-state index contributed by atoms with van der Waals surface area (Å²) in [5.74, 6) is -0.384. The number of amides is 2. The number of benzene rings is 1. The second-order valence-corrected chi connectivity index (χ2v) is 8.57. The highest BCUT2D eigenvalue weighted by molar-refractivity contribution is 7.12. The fraction of sp³-hybridized carbons (Fsp3) is 0.429. The molecule has 140 valence electrons. The van der Waals surface area contributed by atoms with E-state index in [0.29, 0.717) is 5.56 Å². The van der Waals surface area contributed by atoms with Gasteiger partial charge in [0.1, 0.15) is 6.04 Å². The molecular formula is C21H28N2O2S. The zero-order chi connectivity index (χ0) is 19.4. The molecule has 0 aliphatic carbocycles. The third-order valence-corrected chi connectivity index (χ3v) is 5.51. The van der Waals surface area contributed by atoms with Gasteiger partial charge in [-0.3, -0.25) is 9.59 Å². The van der Waals surface area contributed by atoms with Crippen LogP contribution in [0.2, 0.25) is 0 Å². The lowest BCUT2D eigenvalue weighted by Gasteiger charge is -2.24. The summed E-state index contributed by atoms with van der Waals surface area (Å²) in [5.41, 5.74) is 2.63. The molecule has 1 aromatic carbocycles. The van der Waals surface area contributed by atoms with Gasteiger partial charge in [0.2, 0.25) is 5.91 Å². The standard InChI is InChI=1S/C21H28N2O2S/c1-12(2)19(23-20(24)17-10-8-7-9-13(17)3)21(25)22-15(5)18-11-14(4)26-16(18)6/h7-12,15,19H,1-6H3,(H,22,25)(H,23,24). The Hall–Kier alpha value is -2.14. The van der Waals surface area contributed by atoms with Crippen LogP contribution in [-0.2, 0) is 4.79 Å². The van der Waals surface area contributed by atoms with Crippen molar-refractivity contribution in [2.24, 2.45) is 5.92 Å². The Bertz CT molecular complexity index is 795. The quantitative estimate of drug-likeness (QED) is 0.794. The Balaban J connectivity index is 2.11. The Morgan fingerprint density at radius 1 is 1.00 bits per heavy atom. The molecule has 0 bridgehead atoms. The van der Waals surface area contributed by atoms with E-state index in [1.165, 1.54) is 9.75 Å². The van der Waals surface area contributed by atoms with Crippen LogP contribution in [0.15, 0.2) is 30.3 Å². The summed E-state index contributed by atoms with van der Waals surface area (Å²) in [7, 11) is 0. The Kier molecular flexibility index (Phi) is 6.59. The SMILES string of the molecule is Cc1cc(C(C)NC(=O)C(NC(=O)c2ccccc2C)C(C)C)c(C)s1. The first-order valence-corrected chi connectivity index (χ1v) is 9.76. The van der Waals surface area contributed by atoms with Crippen LogP contribution in [0.5, 0.6) is 0 Å². The van der Waals surface area contributed by atoms with Crippen molar-refractivity contribution in [1.29, 1.82) is 0 Å². The predicted molar refractivity (Wildman–Crippen MR) is 108 cm³/mol. The number of thiophene rings is 1. The molecule has 0 aliphatic heterocycles. The molecule has 0 saturated carbocycles. The summed E-state index contributed by atoms with van der Waals surface area (Å²) in [5, 5.41) is 5.96. The van der Waals surface area contributed by atoms with E-state index >= 15 is 0 Å². The largest absolute Gasteiger partial charge is 0.348 e. The number of aryl methyl sites for hydroxylation is 3. The second-order valence-electron chi connectivity index (χ2n) is 7.11. The van der Waals surface area contributed by atoms with Crippen molar-refractivity contribution in [1.82, 2.24) is 10.6 Å². The summed E-state index contributed by atoms with van der Waals surface area (Å²) in [4.78, 5) is 27.9. The molecule has 1 heterocycles. The predicted octanol–water partition coefficient (Wildman–Crippen LogP) is 4.31. The number of carbonyl (C=O) groups is 2. The summed E-state index contributed by atoms with van der Waals surface area (Å²) in [6.45, 7) is 11.9. The van der Waals surface area contributed by atoms with Crippen LogP contribution in [-0.4, -0.2) is 17.9 Å². The summed E-state index contributed by atoms with van der Waals surface area (Å²) in [6.07, 6.45) is 0. The summed E-state index contributed by atoms with van der Waals surface area (Å²) < 4.78 is 0. The normalized spacial score (nSPS) is 13.3. The van der Waals surface area contributed by atoms with Gasteiger partial charge < -0.3 is 10.6 Å². The van der Waals surface area contributed by atoms with Crippen molar-refractivity contribution in [2.45, 2.75) is 53.6 Å². The van der Waals surface area contributed by atoms with Gasteiger partial charge in [0.15, 0.2) is 0 Å². The molecule has 1 aromatic heterocycles. The molecule has 2 atom stereocenters. The van der Waals surface area contributed by atoms with E-state index in [1.54, 1.807) is 17.4 Å². The molecule has 2 aromatic rings. The molecule has 0 saturated heterocycles. The molecule has 0 spiro atoms. The zero-order valence-corrected chi connectivity index (χ0v) is 17.2. The Morgan fingerprint density at radius 3 is 2.19 bits per heavy atom. The van der Waals surface area contributed by atoms with E-state index in [0.717, 1.165) is 11.1 Å². The van der Waals surface area contributed by atoms with Crippen molar-refractivity contribution < 1.29 is 9.59 Å². The maximum atomic E-state index is 12.8. The lowest BCUT2D eigenvalue weighted by Crippen LogP contribution is -2.50. The van der Waals surface area contributed by atoms with Gasteiger partial charge in [0.25, 0.3) is 5.91 Å². The zero-order valence-electron chi connectivity index (χ0n) is 16.3. The molecule has 5 heteroatoms. The van der Waals surface area contributed by atoms with Crippen LogP contribution in [0, 0.1) is 26.7 Å². The third kappa shape index (κ3) is 4.73. The van der Waals surface area contributed by atoms with Crippen LogP contribution in [0.3, 0.4) is 0 Å². The maximum Gasteiger partial charge on any atom is 0.252 e. The number of carbonyl (C=O) groups excluding carboxylic acids is 2. The van der Waals surface area contributed by atoms with Gasteiger partial charge in [-0.2, -0.15) is 0 Å². The highest BCUT2D eigenvalue weighted by atomic mass is 32.1. The fourth-order valence-corrected chi connectivity index (χ4v) is 4.07. The van der Waals surface area contributed by atoms with Crippen LogP contribution >= 0.6 is 11.3 Å². The van der Waals surface area contributed by atoms with Crippen molar-refractivity contribution in [3.63, 3.8) is 0 Å². The fourth-order valence-electron chi connectivity index (χ4n) is 3.04. The molecule has 2 rings (SSSR count). The minimum atomic E-state index is -0.579. The maximum absolute atomic E-state index is 12.8. The lowest BCUT2D eigenvalue weighted by molar-refractivity contribution is -0.124.